The van der Waals surface area contributed by atoms with Crippen molar-refractivity contribution in [1.82, 2.24) is 14.8 Å². The summed E-state index contributed by atoms with van der Waals surface area (Å²) < 4.78 is 6.02. The van der Waals surface area contributed by atoms with E-state index in [4.69, 9.17) is 4.74 Å². The number of carbonyl (C=O) groups is 1. The second kappa shape index (κ2) is 6.21. The molecule has 2 saturated heterocycles. The lowest BCUT2D eigenvalue weighted by atomic mass is 9.89. The Balaban J connectivity index is 1.37. The zero-order chi connectivity index (χ0) is 15.7. The quantitative estimate of drug-likeness (QED) is 0.848. The summed E-state index contributed by atoms with van der Waals surface area (Å²) in [6.45, 7) is 4.97. The van der Waals surface area contributed by atoms with E-state index in [0.717, 1.165) is 37.5 Å². The highest BCUT2D eigenvalue weighted by atomic mass is 16.5. The zero-order valence-electron chi connectivity index (χ0n) is 13.6. The molecule has 5 nitrogen and oxygen atoms in total. The molecule has 3 aliphatic rings. The minimum absolute atomic E-state index is 0.0849. The van der Waals surface area contributed by atoms with Gasteiger partial charge in [-0.1, -0.05) is 6.07 Å². The van der Waals surface area contributed by atoms with E-state index in [-0.39, 0.29) is 18.1 Å². The Hall–Kier alpha value is -1.46. The number of morpholine rings is 1. The van der Waals surface area contributed by atoms with Gasteiger partial charge in [0.25, 0.3) is 0 Å². The number of likely N-dealkylation sites (tertiary alicyclic amines) is 1. The average Bonchev–Trinajstić information content (AvgIpc) is 3.39. The standard InChI is InChI=1S/C18H25N3O2/c22-17-13-23-18(6-9-20(10-7-18)11-15-4-5-15)14-21(17)12-16-3-1-2-8-19-16/h1-3,8,15H,4-7,9-14H2. The molecule has 1 spiro atoms. The zero-order valence-corrected chi connectivity index (χ0v) is 13.6. The SMILES string of the molecule is O=C1COC2(CCN(CC3CC3)CC2)CN1Cc1ccccn1. The molecule has 4 rings (SSSR count). The van der Waals surface area contributed by atoms with Crippen LogP contribution in [0.5, 0.6) is 0 Å². The van der Waals surface area contributed by atoms with Crippen LogP contribution in [0, 0.1) is 5.92 Å². The fourth-order valence-corrected chi connectivity index (χ4v) is 3.73. The van der Waals surface area contributed by atoms with Crippen molar-refractivity contribution < 1.29 is 9.53 Å². The van der Waals surface area contributed by atoms with Crippen molar-refractivity contribution >= 4 is 5.91 Å². The molecule has 0 atom stereocenters. The molecule has 0 N–H and O–H groups in total. The Morgan fingerprint density at radius 3 is 2.78 bits per heavy atom. The van der Waals surface area contributed by atoms with Crippen LogP contribution >= 0.6 is 0 Å². The van der Waals surface area contributed by atoms with Crippen molar-refractivity contribution in [2.45, 2.75) is 37.8 Å². The van der Waals surface area contributed by atoms with Gasteiger partial charge in [-0.3, -0.25) is 9.78 Å². The first-order valence-corrected chi connectivity index (χ1v) is 8.76. The molecule has 0 aromatic carbocycles. The summed E-state index contributed by atoms with van der Waals surface area (Å²) in [4.78, 5) is 21.1. The maximum Gasteiger partial charge on any atom is 0.249 e. The van der Waals surface area contributed by atoms with E-state index in [0.29, 0.717) is 13.1 Å². The summed E-state index contributed by atoms with van der Waals surface area (Å²) in [5, 5.41) is 0. The number of aromatic nitrogens is 1. The number of piperidine rings is 1. The van der Waals surface area contributed by atoms with Crippen LogP contribution in [-0.2, 0) is 16.1 Å². The van der Waals surface area contributed by atoms with Gasteiger partial charge in [0.15, 0.2) is 0 Å². The van der Waals surface area contributed by atoms with Crippen LogP contribution in [0.4, 0.5) is 0 Å². The summed E-state index contributed by atoms with van der Waals surface area (Å²) in [5.74, 6) is 1.03. The fourth-order valence-electron chi connectivity index (χ4n) is 3.73. The third-order valence-electron chi connectivity index (χ3n) is 5.39. The van der Waals surface area contributed by atoms with Gasteiger partial charge in [-0.2, -0.15) is 0 Å². The number of carbonyl (C=O) groups excluding carboxylic acids is 1. The van der Waals surface area contributed by atoms with Gasteiger partial charge in [-0.05, 0) is 43.7 Å². The van der Waals surface area contributed by atoms with Crippen molar-refractivity contribution in [2.75, 3.05) is 32.8 Å². The molecular weight excluding hydrogens is 290 g/mol. The second-order valence-corrected chi connectivity index (χ2v) is 7.29. The molecule has 1 aromatic heterocycles. The molecule has 0 unspecified atom stereocenters. The number of amides is 1. The van der Waals surface area contributed by atoms with Crippen LogP contribution in [0.3, 0.4) is 0 Å². The number of pyridine rings is 1. The maximum absolute atomic E-state index is 12.2. The lowest BCUT2D eigenvalue weighted by molar-refractivity contribution is -0.172. The Morgan fingerprint density at radius 2 is 2.09 bits per heavy atom. The van der Waals surface area contributed by atoms with Crippen LogP contribution in [-0.4, -0.2) is 59.1 Å². The number of hydrogen-bond acceptors (Lipinski definition) is 4. The van der Waals surface area contributed by atoms with Crippen molar-refractivity contribution in [3.05, 3.63) is 30.1 Å². The van der Waals surface area contributed by atoms with Crippen LogP contribution in [0.25, 0.3) is 0 Å². The third-order valence-corrected chi connectivity index (χ3v) is 5.39. The second-order valence-electron chi connectivity index (χ2n) is 7.29. The predicted molar refractivity (Wildman–Crippen MR) is 86.7 cm³/mol. The first-order chi connectivity index (χ1) is 11.2. The maximum atomic E-state index is 12.2. The molecule has 2 aliphatic heterocycles. The molecule has 1 aromatic rings. The Labute approximate surface area is 137 Å². The van der Waals surface area contributed by atoms with Crippen LogP contribution in [0.1, 0.15) is 31.4 Å². The van der Waals surface area contributed by atoms with Gasteiger partial charge >= 0.3 is 0 Å². The van der Waals surface area contributed by atoms with Gasteiger partial charge in [0, 0.05) is 25.8 Å². The molecule has 5 heteroatoms. The molecule has 0 radical (unpaired) electrons. The molecule has 1 amide bonds. The van der Waals surface area contributed by atoms with E-state index in [1.54, 1.807) is 6.20 Å². The van der Waals surface area contributed by atoms with Crippen molar-refractivity contribution in [1.29, 1.82) is 0 Å². The van der Waals surface area contributed by atoms with Gasteiger partial charge in [0.2, 0.25) is 5.91 Å². The normalized spacial score (nSPS) is 25.0. The molecule has 124 valence electrons. The van der Waals surface area contributed by atoms with Gasteiger partial charge in [0.1, 0.15) is 6.61 Å². The largest absolute Gasteiger partial charge is 0.363 e. The van der Waals surface area contributed by atoms with Gasteiger partial charge in [0.05, 0.1) is 24.4 Å². The third kappa shape index (κ3) is 3.56. The van der Waals surface area contributed by atoms with E-state index < -0.39 is 0 Å². The summed E-state index contributed by atoms with van der Waals surface area (Å²) in [6.07, 6.45) is 6.67. The minimum atomic E-state index is -0.136. The number of rotatable bonds is 4. The highest BCUT2D eigenvalue weighted by molar-refractivity contribution is 5.78. The molecule has 1 aliphatic carbocycles. The summed E-state index contributed by atoms with van der Waals surface area (Å²) >= 11 is 0. The monoisotopic (exact) mass is 315 g/mol. The first-order valence-electron chi connectivity index (χ1n) is 8.76. The summed E-state index contributed by atoms with van der Waals surface area (Å²) in [7, 11) is 0. The smallest absolute Gasteiger partial charge is 0.249 e. The molecular formula is C18H25N3O2. The van der Waals surface area contributed by atoms with Gasteiger partial charge < -0.3 is 14.5 Å². The van der Waals surface area contributed by atoms with Crippen molar-refractivity contribution in [3.63, 3.8) is 0 Å². The van der Waals surface area contributed by atoms with Crippen LogP contribution in [0.2, 0.25) is 0 Å². The van der Waals surface area contributed by atoms with E-state index in [1.165, 1.54) is 19.4 Å². The minimum Gasteiger partial charge on any atom is -0.363 e. The molecule has 0 bridgehead atoms. The highest BCUT2D eigenvalue weighted by Gasteiger charge is 2.42. The summed E-state index contributed by atoms with van der Waals surface area (Å²) in [6, 6.07) is 5.86. The molecule has 23 heavy (non-hydrogen) atoms. The Bertz CT molecular complexity index is 551. The van der Waals surface area contributed by atoms with Crippen LogP contribution < -0.4 is 0 Å². The number of ether oxygens (including phenoxy) is 1. The first kappa shape index (κ1) is 15.1. The molecule has 3 heterocycles. The predicted octanol–water partition coefficient (Wildman–Crippen LogP) is 1.68. The van der Waals surface area contributed by atoms with Crippen molar-refractivity contribution in [2.24, 2.45) is 5.92 Å². The molecule has 1 saturated carbocycles. The Kier molecular flexibility index (Phi) is 4.07. The number of nitrogens with zero attached hydrogens (tertiary/aromatic N) is 3. The van der Waals surface area contributed by atoms with Crippen molar-refractivity contribution in [3.8, 4) is 0 Å². The topological polar surface area (TPSA) is 45.7 Å². The molecule has 3 fully saturated rings. The lowest BCUT2D eigenvalue weighted by Crippen LogP contribution is -2.58. The number of hydrogen-bond donors (Lipinski definition) is 0. The van der Waals surface area contributed by atoms with Crippen LogP contribution in [0.15, 0.2) is 24.4 Å². The van der Waals surface area contributed by atoms with Gasteiger partial charge in [-0.25, -0.2) is 0 Å². The highest BCUT2D eigenvalue weighted by Crippen LogP contribution is 2.34. The fraction of sp³-hybridized carbons (Fsp3) is 0.667. The van der Waals surface area contributed by atoms with E-state index >= 15 is 0 Å². The lowest BCUT2D eigenvalue weighted by Gasteiger charge is -2.47. The Morgan fingerprint density at radius 1 is 1.26 bits per heavy atom. The van der Waals surface area contributed by atoms with E-state index in [9.17, 15) is 4.79 Å². The van der Waals surface area contributed by atoms with Gasteiger partial charge in [-0.15, -0.1) is 0 Å². The average molecular weight is 315 g/mol. The summed E-state index contributed by atoms with van der Waals surface area (Å²) in [5.41, 5.74) is 0.812. The van der Waals surface area contributed by atoms with E-state index in [2.05, 4.69) is 9.88 Å². The van der Waals surface area contributed by atoms with E-state index in [1.807, 2.05) is 23.1 Å².